The summed E-state index contributed by atoms with van der Waals surface area (Å²) in [5.74, 6) is 0.0837. The maximum Gasteiger partial charge on any atom is 0.241 e. The van der Waals surface area contributed by atoms with E-state index in [2.05, 4.69) is 21.6 Å². The summed E-state index contributed by atoms with van der Waals surface area (Å²) in [6.45, 7) is 2.97. The van der Waals surface area contributed by atoms with Gasteiger partial charge in [0, 0.05) is 25.5 Å². The molecule has 1 amide bonds. The van der Waals surface area contributed by atoms with Crippen molar-refractivity contribution >= 4 is 17.3 Å². The van der Waals surface area contributed by atoms with Crippen LogP contribution in [-0.2, 0) is 4.79 Å². The zero-order valence-electron chi connectivity index (χ0n) is 12.0. The SMILES string of the molecule is Cc1cc(N(C)C)ccc1NC(=O)[C@@H]1CCCCN1. The molecule has 0 bridgehead atoms. The molecule has 2 rings (SSSR count). The Morgan fingerprint density at radius 2 is 2.16 bits per heavy atom. The summed E-state index contributed by atoms with van der Waals surface area (Å²) in [5, 5.41) is 6.29. The molecule has 0 aromatic heterocycles. The molecular weight excluding hydrogens is 238 g/mol. The number of nitrogens with one attached hydrogen (secondary N) is 2. The number of nitrogens with zero attached hydrogens (tertiary/aromatic N) is 1. The number of rotatable bonds is 3. The minimum absolute atomic E-state index is 0.0401. The Hall–Kier alpha value is -1.55. The van der Waals surface area contributed by atoms with Gasteiger partial charge in [-0.05, 0) is 50.1 Å². The van der Waals surface area contributed by atoms with Gasteiger partial charge in [-0.3, -0.25) is 4.79 Å². The number of benzene rings is 1. The molecule has 1 atom stereocenters. The van der Waals surface area contributed by atoms with Gasteiger partial charge in [0.05, 0.1) is 6.04 Å². The molecule has 0 radical (unpaired) electrons. The minimum Gasteiger partial charge on any atom is -0.378 e. The van der Waals surface area contributed by atoms with Crippen molar-refractivity contribution in [2.45, 2.75) is 32.2 Å². The summed E-state index contributed by atoms with van der Waals surface area (Å²) in [7, 11) is 4.03. The quantitative estimate of drug-likeness (QED) is 0.876. The lowest BCUT2D eigenvalue weighted by Crippen LogP contribution is -2.43. The first-order valence-corrected chi connectivity index (χ1v) is 6.90. The zero-order valence-corrected chi connectivity index (χ0v) is 12.0. The lowest BCUT2D eigenvalue weighted by molar-refractivity contribution is -0.118. The van der Waals surface area contributed by atoms with Crippen LogP contribution in [0.3, 0.4) is 0 Å². The molecule has 0 unspecified atom stereocenters. The number of piperidine rings is 1. The van der Waals surface area contributed by atoms with Gasteiger partial charge in [0.1, 0.15) is 0 Å². The van der Waals surface area contributed by atoms with Crippen molar-refractivity contribution in [2.75, 3.05) is 30.9 Å². The smallest absolute Gasteiger partial charge is 0.241 e. The molecule has 1 aromatic rings. The van der Waals surface area contributed by atoms with Crippen LogP contribution in [0, 0.1) is 6.92 Å². The van der Waals surface area contributed by atoms with Crippen molar-refractivity contribution in [3.8, 4) is 0 Å². The van der Waals surface area contributed by atoms with Gasteiger partial charge < -0.3 is 15.5 Å². The summed E-state index contributed by atoms with van der Waals surface area (Å²) < 4.78 is 0. The van der Waals surface area contributed by atoms with Crippen LogP contribution in [0.25, 0.3) is 0 Å². The van der Waals surface area contributed by atoms with Gasteiger partial charge in [-0.25, -0.2) is 0 Å². The molecule has 1 aromatic carbocycles. The highest BCUT2D eigenvalue weighted by atomic mass is 16.2. The van der Waals surface area contributed by atoms with Gasteiger partial charge in [0.25, 0.3) is 0 Å². The van der Waals surface area contributed by atoms with Gasteiger partial charge in [-0.1, -0.05) is 6.42 Å². The van der Waals surface area contributed by atoms with Gasteiger partial charge >= 0.3 is 0 Å². The van der Waals surface area contributed by atoms with E-state index < -0.39 is 0 Å². The fourth-order valence-electron chi connectivity index (χ4n) is 2.36. The van der Waals surface area contributed by atoms with E-state index in [-0.39, 0.29) is 11.9 Å². The van der Waals surface area contributed by atoms with Crippen LogP contribution in [0.5, 0.6) is 0 Å². The third-order valence-electron chi connectivity index (χ3n) is 3.61. The van der Waals surface area contributed by atoms with E-state index in [1.807, 2.05) is 33.2 Å². The number of amides is 1. The molecule has 1 saturated heterocycles. The highest BCUT2D eigenvalue weighted by molar-refractivity contribution is 5.95. The van der Waals surface area contributed by atoms with Gasteiger partial charge in [-0.15, -0.1) is 0 Å². The highest BCUT2D eigenvalue weighted by Gasteiger charge is 2.20. The van der Waals surface area contributed by atoms with Crippen molar-refractivity contribution in [2.24, 2.45) is 0 Å². The second-order valence-corrected chi connectivity index (χ2v) is 5.39. The first-order chi connectivity index (χ1) is 9.08. The molecule has 1 heterocycles. The highest BCUT2D eigenvalue weighted by Crippen LogP contribution is 2.22. The number of carbonyl (C=O) groups is 1. The van der Waals surface area contributed by atoms with Crippen molar-refractivity contribution in [3.05, 3.63) is 23.8 Å². The summed E-state index contributed by atoms with van der Waals surface area (Å²) in [5.41, 5.74) is 3.14. The van der Waals surface area contributed by atoms with Crippen LogP contribution in [0.2, 0.25) is 0 Å². The molecule has 4 nitrogen and oxygen atoms in total. The molecule has 104 valence electrons. The Morgan fingerprint density at radius 1 is 1.37 bits per heavy atom. The normalized spacial score (nSPS) is 19.0. The van der Waals surface area contributed by atoms with Crippen molar-refractivity contribution in [1.29, 1.82) is 0 Å². The van der Waals surface area contributed by atoms with Crippen LogP contribution in [0.4, 0.5) is 11.4 Å². The molecule has 0 aliphatic carbocycles. The second-order valence-electron chi connectivity index (χ2n) is 5.39. The Morgan fingerprint density at radius 3 is 2.74 bits per heavy atom. The monoisotopic (exact) mass is 261 g/mol. The van der Waals surface area contributed by atoms with Crippen LogP contribution in [0.1, 0.15) is 24.8 Å². The van der Waals surface area contributed by atoms with E-state index in [0.29, 0.717) is 0 Å². The van der Waals surface area contributed by atoms with Crippen molar-refractivity contribution < 1.29 is 4.79 Å². The van der Waals surface area contributed by atoms with Crippen LogP contribution < -0.4 is 15.5 Å². The lowest BCUT2D eigenvalue weighted by Gasteiger charge is -2.23. The Labute approximate surface area is 115 Å². The second kappa shape index (κ2) is 6.06. The molecular formula is C15H23N3O. The molecule has 4 heteroatoms. The first-order valence-electron chi connectivity index (χ1n) is 6.90. The molecule has 2 N–H and O–H groups in total. The van der Waals surface area contributed by atoms with Crippen LogP contribution in [-0.4, -0.2) is 32.6 Å². The molecule has 1 fully saturated rings. The van der Waals surface area contributed by atoms with Gasteiger partial charge in [0.2, 0.25) is 5.91 Å². The van der Waals surface area contributed by atoms with Crippen LogP contribution in [0.15, 0.2) is 18.2 Å². The summed E-state index contributed by atoms with van der Waals surface area (Å²) >= 11 is 0. The minimum atomic E-state index is -0.0401. The predicted octanol–water partition coefficient (Wildman–Crippen LogP) is 2.14. The summed E-state index contributed by atoms with van der Waals surface area (Å²) in [6, 6.07) is 6.05. The number of anilines is 2. The number of aryl methyl sites for hydroxylation is 1. The van der Waals surface area contributed by atoms with E-state index in [1.165, 1.54) is 6.42 Å². The van der Waals surface area contributed by atoms with E-state index in [1.54, 1.807) is 0 Å². The average molecular weight is 261 g/mol. The van der Waals surface area contributed by atoms with Crippen LogP contribution >= 0.6 is 0 Å². The van der Waals surface area contributed by atoms with Gasteiger partial charge in [0.15, 0.2) is 0 Å². The predicted molar refractivity (Wildman–Crippen MR) is 79.8 cm³/mol. The van der Waals surface area contributed by atoms with E-state index in [4.69, 9.17) is 0 Å². The first kappa shape index (κ1) is 13.9. The fourth-order valence-corrected chi connectivity index (χ4v) is 2.36. The standard InChI is InChI=1S/C15H23N3O/c1-11-10-12(18(2)3)7-8-13(11)17-15(19)14-6-4-5-9-16-14/h7-8,10,14,16H,4-6,9H2,1-3H3,(H,17,19)/t14-/m0/s1. The number of hydrogen-bond acceptors (Lipinski definition) is 3. The third-order valence-corrected chi connectivity index (χ3v) is 3.61. The fraction of sp³-hybridized carbons (Fsp3) is 0.533. The summed E-state index contributed by atoms with van der Waals surface area (Å²) in [4.78, 5) is 14.2. The average Bonchev–Trinajstić information content (AvgIpc) is 2.41. The Balaban J connectivity index is 2.04. The molecule has 0 spiro atoms. The molecule has 1 aliphatic heterocycles. The van der Waals surface area contributed by atoms with E-state index in [9.17, 15) is 4.79 Å². The largest absolute Gasteiger partial charge is 0.378 e. The molecule has 19 heavy (non-hydrogen) atoms. The van der Waals surface area contributed by atoms with Crippen molar-refractivity contribution in [3.63, 3.8) is 0 Å². The van der Waals surface area contributed by atoms with Gasteiger partial charge in [-0.2, -0.15) is 0 Å². The number of carbonyl (C=O) groups excluding carboxylic acids is 1. The molecule has 1 aliphatic rings. The molecule has 0 saturated carbocycles. The Bertz CT molecular complexity index is 451. The topological polar surface area (TPSA) is 44.4 Å². The maximum absolute atomic E-state index is 12.2. The summed E-state index contributed by atoms with van der Waals surface area (Å²) in [6.07, 6.45) is 3.23. The van der Waals surface area contributed by atoms with Crippen molar-refractivity contribution in [1.82, 2.24) is 5.32 Å². The van der Waals surface area contributed by atoms with E-state index in [0.717, 1.165) is 36.3 Å². The number of hydrogen-bond donors (Lipinski definition) is 2. The Kier molecular flexibility index (Phi) is 4.43. The maximum atomic E-state index is 12.2. The zero-order chi connectivity index (χ0) is 13.8. The third kappa shape index (κ3) is 3.47. The van der Waals surface area contributed by atoms with E-state index >= 15 is 0 Å². The lowest BCUT2D eigenvalue weighted by atomic mass is 10.0.